The maximum atomic E-state index is 9.61. The molecule has 1 unspecified atom stereocenters. The molecule has 0 aliphatic carbocycles. The van der Waals surface area contributed by atoms with Gasteiger partial charge in [-0.15, -0.1) is 0 Å². The largest absolute Gasteiger partial charge is 0.496 e. The number of ether oxygens (including phenoxy) is 1. The number of benzene rings is 1. The van der Waals surface area contributed by atoms with E-state index < -0.39 is 0 Å². The summed E-state index contributed by atoms with van der Waals surface area (Å²) in [5, 5.41) is 9.61. The van der Waals surface area contributed by atoms with Crippen LogP contribution in [0.15, 0.2) is 18.2 Å². The Balaban J connectivity index is 2.66. The first kappa shape index (κ1) is 12.0. The molecule has 0 saturated carbocycles. The molecular formula is C12H19NO2. The van der Waals surface area contributed by atoms with Crippen molar-refractivity contribution < 1.29 is 9.84 Å². The summed E-state index contributed by atoms with van der Waals surface area (Å²) < 4.78 is 5.17. The molecule has 0 aliphatic heterocycles. The quantitative estimate of drug-likeness (QED) is 0.767. The third kappa shape index (κ3) is 3.53. The fraction of sp³-hybridized carbons (Fsp3) is 0.500. The molecule has 1 aromatic carbocycles. The van der Waals surface area contributed by atoms with Crippen molar-refractivity contribution in [3.8, 4) is 5.75 Å². The van der Waals surface area contributed by atoms with E-state index in [4.69, 9.17) is 10.5 Å². The van der Waals surface area contributed by atoms with Gasteiger partial charge >= 0.3 is 0 Å². The molecule has 0 aromatic heterocycles. The highest BCUT2D eigenvalue weighted by Crippen LogP contribution is 2.19. The molecule has 1 atom stereocenters. The molecule has 1 aromatic rings. The molecule has 0 aliphatic rings. The van der Waals surface area contributed by atoms with E-state index >= 15 is 0 Å². The molecule has 84 valence electrons. The Bertz CT molecular complexity index is 312. The second-order valence-electron chi connectivity index (χ2n) is 3.74. The van der Waals surface area contributed by atoms with Crippen LogP contribution in [0.1, 0.15) is 17.5 Å². The van der Waals surface area contributed by atoms with Crippen LogP contribution < -0.4 is 10.5 Å². The normalized spacial score (nSPS) is 12.5. The van der Waals surface area contributed by atoms with Crippen molar-refractivity contribution in [2.45, 2.75) is 25.9 Å². The van der Waals surface area contributed by atoms with E-state index in [1.807, 2.05) is 25.1 Å². The Morgan fingerprint density at radius 3 is 2.73 bits per heavy atom. The summed E-state index contributed by atoms with van der Waals surface area (Å²) in [7, 11) is 1.66. The number of hydrogen-bond acceptors (Lipinski definition) is 3. The summed E-state index contributed by atoms with van der Waals surface area (Å²) in [5.74, 6) is 0.882. The molecule has 3 nitrogen and oxygen atoms in total. The highest BCUT2D eigenvalue weighted by molar-refractivity contribution is 5.36. The molecular weight excluding hydrogens is 190 g/mol. The minimum Gasteiger partial charge on any atom is -0.496 e. The third-order valence-electron chi connectivity index (χ3n) is 2.43. The van der Waals surface area contributed by atoms with Gasteiger partial charge in [0, 0.05) is 0 Å². The Morgan fingerprint density at radius 2 is 2.20 bits per heavy atom. The number of methoxy groups -OCH3 is 1. The molecule has 3 N–H and O–H groups in total. The van der Waals surface area contributed by atoms with Gasteiger partial charge in [0.15, 0.2) is 0 Å². The van der Waals surface area contributed by atoms with Crippen LogP contribution in [-0.4, -0.2) is 24.9 Å². The van der Waals surface area contributed by atoms with Crippen LogP contribution in [0, 0.1) is 6.92 Å². The van der Waals surface area contributed by atoms with Gasteiger partial charge in [-0.3, -0.25) is 0 Å². The first-order chi connectivity index (χ1) is 7.17. The molecule has 0 fully saturated rings. The van der Waals surface area contributed by atoms with E-state index in [-0.39, 0.29) is 6.10 Å². The SMILES string of the molecule is COc1ccc(CC(O)CCN)cc1C. The molecule has 0 spiro atoms. The lowest BCUT2D eigenvalue weighted by molar-refractivity contribution is 0.167. The number of aryl methyl sites for hydroxylation is 1. The topological polar surface area (TPSA) is 55.5 Å². The maximum Gasteiger partial charge on any atom is 0.121 e. The number of rotatable bonds is 5. The Labute approximate surface area is 90.9 Å². The molecule has 0 amide bonds. The summed E-state index contributed by atoms with van der Waals surface area (Å²) in [6.45, 7) is 2.52. The summed E-state index contributed by atoms with van der Waals surface area (Å²) in [6, 6.07) is 5.95. The zero-order valence-electron chi connectivity index (χ0n) is 9.36. The molecule has 0 radical (unpaired) electrons. The smallest absolute Gasteiger partial charge is 0.121 e. The zero-order valence-corrected chi connectivity index (χ0v) is 9.36. The van der Waals surface area contributed by atoms with E-state index in [1.54, 1.807) is 7.11 Å². The molecule has 0 heterocycles. The standard InChI is InChI=1S/C12H19NO2/c1-9-7-10(3-4-12(9)15-2)8-11(14)5-6-13/h3-4,7,11,14H,5-6,8,13H2,1-2H3. The van der Waals surface area contributed by atoms with Gasteiger partial charge in [0.1, 0.15) is 5.75 Å². The first-order valence-corrected chi connectivity index (χ1v) is 5.19. The van der Waals surface area contributed by atoms with Crippen LogP contribution in [0.5, 0.6) is 5.75 Å². The summed E-state index contributed by atoms with van der Waals surface area (Å²) >= 11 is 0. The van der Waals surface area contributed by atoms with Gasteiger partial charge in [0.2, 0.25) is 0 Å². The lowest BCUT2D eigenvalue weighted by Gasteiger charge is -2.11. The van der Waals surface area contributed by atoms with E-state index in [1.165, 1.54) is 0 Å². The zero-order chi connectivity index (χ0) is 11.3. The highest BCUT2D eigenvalue weighted by Gasteiger charge is 2.06. The Hall–Kier alpha value is -1.06. The van der Waals surface area contributed by atoms with Gasteiger partial charge in [-0.25, -0.2) is 0 Å². The number of aliphatic hydroxyl groups is 1. The van der Waals surface area contributed by atoms with Crippen molar-refractivity contribution in [2.24, 2.45) is 5.73 Å². The van der Waals surface area contributed by atoms with Crippen molar-refractivity contribution in [3.63, 3.8) is 0 Å². The first-order valence-electron chi connectivity index (χ1n) is 5.19. The predicted octanol–water partition coefficient (Wildman–Crippen LogP) is 1.26. The van der Waals surface area contributed by atoms with Gasteiger partial charge < -0.3 is 15.6 Å². The monoisotopic (exact) mass is 209 g/mol. The maximum absolute atomic E-state index is 9.61. The van der Waals surface area contributed by atoms with E-state index in [2.05, 4.69) is 0 Å². The van der Waals surface area contributed by atoms with Crippen molar-refractivity contribution in [2.75, 3.05) is 13.7 Å². The van der Waals surface area contributed by atoms with Crippen molar-refractivity contribution in [1.29, 1.82) is 0 Å². The van der Waals surface area contributed by atoms with Crippen molar-refractivity contribution in [3.05, 3.63) is 29.3 Å². The second kappa shape index (κ2) is 5.73. The lowest BCUT2D eigenvalue weighted by Crippen LogP contribution is -2.15. The van der Waals surface area contributed by atoms with Crippen LogP contribution >= 0.6 is 0 Å². The molecule has 0 bridgehead atoms. The van der Waals surface area contributed by atoms with Crippen molar-refractivity contribution >= 4 is 0 Å². The van der Waals surface area contributed by atoms with Gasteiger partial charge in [0.25, 0.3) is 0 Å². The fourth-order valence-electron chi connectivity index (χ4n) is 1.63. The molecule has 15 heavy (non-hydrogen) atoms. The van der Waals surface area contributed by atoms with Crippen LogP contribution in [0.4, 0.5) is 0 Å². The minimum absolute atomic E-state index is 0.345. The average molecular weight is 209 g/mol. The molecule has 1 rings (SSSR count). The van der Waals surface area contributed by atoms with Crippen LogP contribution in [-0.2, 0) is 6.42 Å². The third-order valence-corrected chi connectivity index (χ3v) is 2.43. The molecule has 3 heteroatoms. The lowest BCUT2D eigenvalue weighted by atomic mass is 10.0. The van der Waals surface area contributed by atoms with E-state index in [0.717, 1.165) is 16.9 Å². The minimum atomic E-state index is -0.345. The van der Waals surface area contributed by atoms with E-state index in [9.17, 15) is 5.11 Å². The van der Waals surface area contributed by atoms with Crippen LogP contribution in [0.3, 0.4) is 0 Å². The molecule has 0 saturated heterocycles. The number of aliphatic hydroxyl groups excluding tert-OH is 1. The van der Waals surface area contributed by atoms with Crippen LogP contribution in [0.25, 0.3) is 0 Å². The highest BCUT2D eigenvalue weighted by atomic mass is 16.5. The van der Waals surface area contributed by atoms with E-state index in [0.29, 0.717) is 19.4 Å². The van der Waals surface area contributed by atoms with Gasteiger partial charge in [-0.05, 0) is 43.5 Å². The summed E-state index contributed by atoms with van der Waals surface area (Å²) in [5.41, 5.74) is 7.59. The average Bonchev–Trinajstić information content (AvgIpc) is 2.18. The van der Waals surface area contributed by atoms with Gasteiger partial charge in [0.05, 0.1) is 13.2 Å². The van der Waals surface area contributed by atoms with Gasteiger partial charge in [-0.2, -0.15) is 0 Å². The van der Waals surface area contributed by atoms with Crippen molar-refractivity contribution in [1.82, 2.24) is 0 Å². The summed E-state index contributed by atoms with van der Waals surface area (Å²) in [4.78, 5) is 0. The predicted molar refractivity (Wildman–Crippen MR) is 61.1 cm³/mol. The van der Waals surface area contributed by atoms with Gasteiger partial charge in [-0.1, -0.05) is 12.1 Å². The number of nitrogens with two attached hydrogens (primary N) is 1. The summed E-state index contributed by atoms with van der Waals surface area (Å²) in [6.07, 6.45) is 0.954. The fourth-order valence-corrected chi connectivity index (χ4v) is 1.63. The Kier molecular flexibility index (Phi) is 4.59. The van der Waals surface area contributed by atoms with Crippen LogP contribution in [0.2, 0.25) is 0 Å². The second-order valence-corrected chi connectivity index (χ2v) is 3.74. The number of hydrogen-bond donors (Lipinski definition) is 2. The Morgan fingerprint density at radius 1 is 1.47 bits per heavy atom.